The minimum Gasteiger partial charge on any atom is -0.428 e. The average molecular weight is 551 g/mol. The van der Waals surface area contributed by atoms with Gasteiger partial charge in [-0.1, -0.05) is 42.5 Å². The molecule has 1 unspecified atom stereocenters. The first-order valence-corrected chi connectivity index (χ1v) is 11.1. The maximum atomic E-state index is 14.7. The van der Waals surface area contributed by atoms with Gasteiger partial charge in [-0.05, 0) is 54.3 Å². The van der Waals surface area contributed by atoms with Crippen molar-refractivity contribution in [2.45, 2.75) is 49.7 Å². The van der Waals surface area contributed by atoms with Gasteiger partial charge in [0.05, 0.1) is 11.6 Å². The van der Waals surface area contributed by atoms with Gasteiger partial charge in [0.1, 0.15) is 23.4 Å². The number of benzene rings is 3. The molecule has 0 saturated carbocycles. The third kappa shape index (κ3) is 6.79. The Morgan fingerprint density at radius 2 is 1.42 bits per heavy atom. The molecule has 3 rings (SSSR count). The average Bonchev–Trinajstić information content (AvgIpc) is 2.81. The number of hydrogen-bond donors (Lipinski definition) is 2. The molecule has 38 heavy (non-hydrogen) atoms. The smallest absolute Gasteiger partial charge is 0.428 e. The fourth-order valence-electron chi connectivity index (χ4n) is 4.04. The fourth-order valence-corrected chi connectivity index (χ4v) is 4.04. The number of ether oxygens (including phenoxy) is 1. The maximum Gasteiger partial charge on any atom is 0.461 e. The summed E-state index contributed by atoms with van der Waals surface area (Å²) in [6, 6.07) is 10.9. The molecule has 2 N–H and O–H groups in total. The molecule has 0 saturated heterocycles. The van der Waals surface area contributed by atoms with E-state index < -0.39 is 65.8 Å². The number of rotatable bonds is 10. The quantitative estimate of drug-likeness (QED) is 0.280. The van der Waals surface area contributed by atoms with E-state index in [2.05, 4.69) is 10.1 Å². The van der Waals surface area contributed by atoms with Crippen LogP contribution in [0.1, 0.15) is 23.6 Å². The summed E-state index contributed by atoms with van der Waals surface area (Å²) in [6.45, 7) is 0.854. The fraction of sp³-hybridized carbons (Fsp3) is 0.308. The minimum atomic E-state index is -5.06. The van der Waals surface area contributed by atoms with Crippen molar-refractivity contribution in [1.29, 1.82) is 0 Å². The third-order valence-corrected chi connectivity index (χ3v) is 5.76. The molecular weight excluding hydrogens is 529 g/mol. The van der Waals surface area contributed by atoms with Crippen LogP contribution < -0.4 is 10.1 Å². The third-order valence-electron chi connectivity index (χ3n) is 5.76. The molecule has 12 heteroatoms. The first-order chi connectivity index (χ1) is 17.6. The van der Waals surface area contributed by atoms with Crippen LogP contribution in [0, 0.1) is 11.6 Å². The Morgan fingerprint density at radius 3 is 1.95 bits per heavy atom. The van der Waals surface area contributed by atoms with Gasteiger partial charge < -0.3 is 9.84 Å². The predicted molar refractivity (Wildman–Crippen MR) is 120 cm³/mol. The lowest BCUT2D eigenvalue weighted by molar-refractivity contribution is -0.253. The summed E-state index contributed by atoms with van der Waals surface area (Å²) < 4.78 is 127. The van der Waals surface area contributed by atoms with Crippen LogP contribution in [0.5, 0.6) is 5.75 Å². The lowest BCUT2D eigenvalue weighted by Crippen LogP contribution is -2.59. The number of aliphatic hydroxyl groups excluding tert-OH is 1. The van der Waals surface area contributed by atoms with Crippen molar-refractivity contribution in [2.75, 3.05) is 0 Å². The Morgan fingerprint density at radius 1 is 0.816 bits per heavy atom. The van der Waals surface area contributed by atoms with Crippen LogP contribution >= 0.6 is 0 Å². The van der Waals surface area contributed by atoms with E-state index in [1.165, 1.54) is 12.1 Å². The molecule has 3 aromatic rings. The van der Waals surface area contributed by atoms with Crippen LogP contribution in [0.2, 0.25) is 0 Å². The number of halogens is 9. The Kier molecular flexibility index (Phi) is 8.67. The van der Waals surface area contributed by atoms with Crippen LogP contribution in [0.25, 0.3) is 0 Å². The van der Waals surface area contributed by atoms with Crippen LogP contribution in [0.4, 0.5) is 39.5 Å². The van der Waals surface area contributed by atoms with Crippen LogP contribution in [0.15, 0.2) is 72.8 Å². The zero-order valence-corrected chi connectivity index (χ0v) is 19.6. The highest BCUT2D eigenvalue weighted by atomic mass is 19.4. The highest BCUT2D eigenvalue weighted by molar-refractivity contribution is 5.45. The highest BCUT2D eigenvalue weighted by Crippen LogP contribution is 2.40. The molecule has 0 aliphatic heterocycles. The first-order valence-electron chi connectivity index (χ1n) is 11.1. The van der Waals surface area contributed by atoms with E-state index in [1.54, 1.807) is 18.2 Å². The zero-order chi connectivity index (χ0) is 28.3. The van der Waals surface area contributed by atoms with E-state index in [0.717, 1.165) is 31.2 Å². The molecule has 3 atom stereocenters. The van der Waals surface area contributed by atoms with Gasteiger partial charge in [-0.15, -0.1) is 0 Å². The largest absolute Gasteiger partial charge is 0.461 e. The second-order valence-electron chi connectivity index (χ2n) is 8.62. The van der Waals surface area contributed by atoms with E-state index in [4.69, 9.17) is 0 Å². The van der Waals surface area contributed by atoms with Crippen molar-refractivity contribution in [1.82, 2.24) is 5.32 Å². The molecule has 0 spiro atoms. The second kappa shape index (κ2) is 11.2. The summed E-state index contributed by atoms with van der Waals surface area (Å²) in [7, 11) is 0. The van der Waals surface area contributed by atoms with Crippen molar-refractivity contribution in [2.24, 2.45) is 0 Å². The van der Waals surface area contributed by atoms with Gasteiger partial charge in [-0.25, -0.2) is 8.78 Å². The van der Waals surface area contributed by atoms with Crippen molar-refractivity contribution in [3.63, 3.8) is 0 Å². The molecule has 0 fully saturated rings. The number of alkyl halides is 7. The van der Waals surface area contributed by atoms with Crippen LogP contribution in [0.3, 0.4) is 0 Å². The molecule has 0 bridgehead atoms. The lowest BCUT2D eigenvalue weighted by Gasteiger charge is -2.41. The molecule has 206 valence electrons. The predicted octanol–water partition coefficient (Wildman–Crippen LogP) is 6.59. The van der Waals surface area contributed by atoms with Crippen molar-refractivity contribution < 1.29 is 49.4 Å². The number of nitrogens with one attached hydrogen (secondary N) is 1. The van der Waals surface area contributed by atoms with Gasteiger partial charge >= 0.3 is 18.7 Å². The van der Waals surface area contributed by atoms with Gasteiger partial charge in [-0.2, -0.15) is 30.7 Å². The highest BCUT2D eigenvalue weighted by Gasteiger charge is 2.49. The Bertz CT molecular complexity index is 1200. The Balaban J connectivity index is 2.33. The Hall–Kier alpha value is -3.25. The van der Waals surface area contributed by atoms with E-state index in [1.807, 2.05) is 0 Å². The van der Waals surface area contributed by atoms with Crippen LogP contribution in [-0.4, -0.2) is 36.0 Å². The molecule has 3 nitrogen and oxygen atoms in total. The van der Waals surface area contributed by atoms with E-state index >= 15 is 0 Å². The molecule has 0 radical (unpaired) electrons. The van der Waals surface area contributed by atoms with Gasteiger partial charge in [0.15, 0.2) is 0 Å². The minimum absolute atomic E-state index is 0.0742. The van der Waals surface area contributed by atoms with E-state index in [0.29, 0.717) is 23.8 Å². The molecule has 0 aromatic heterocycles. The van der Waals surface area contributed by atoms with Gasteiger partial charge in [0, 0.05) is 6.07 Å². The topological polar surface area (TPSA) is 41.5 Å². The SMILES string of the molecule is C[C@@H](O)C(N[C@](Cc1ccccc1)(c1ccc(F)cc1)c1cc(F)cc(OC(F)(F)C(F)F)c1)C(F)(F)F. The lowest BCUT2D eigenvalue weighted by atomic mass is 9.77. The van der Waals surface area contributed by atoms with Crippen molar-refractivity contribution in [3.8, 4) is 5.75 Å². The van der Waals surface area contributed by atoms with E-state index in [-0.39, 0.29) is 5.56 Å². The summed E-state index contributed by atoms with van der Waals surface area (Å²) in [5, 5.41) is 12.3. The Labute approximate surface area is 211 Å². The van der Waals surface area contributed by atoms with Crippen LogP contribution in [-0.2, 0) is 12.0 Å². The first kappa shape index (κ1) is 29.3. The van der Waals surface area contributed by atoms with Gasteiger partial charge in [0.25, 0.3) is 0 Å². The van der Waals surface area contributed by atoms with Gasteiger partial charge in [-0.3, -0.25) is 5.32 Å². The van der Waals surface area contributed by atoms with Crippen molar-refractivity contribution >= 4 is 0 Å². The molecule has 0 heterocycles. The molecular formula is C26H22F9NO2. The molecule has 0 aliphatic rings. The normalized spacial score (nSPS) is 15.7. The number of hydrogen-bond acceptors (Lipinski definition) is 3. The second-order valence-corrected chi connectivity index (χ2v) is 8.62. The maximum absolute atomic E-state index is 14.7. The van der Waals surface area contributed by atoms with Crippen molar-refractivity contribution in [3.05, 3.63) is 101 Å². The zero-order valence-electron chi connectivity index (χ0n) is 19.6. The molecule has 0 aliphatic carbocycles. The monoisotopic (exact) mass is 551 g/mol. The standard InChI is InChI=1S/C26H22F9NO2/c1-15(37)22(25(31,32)33)36-24(14-16-5-3-2-4-6-16,17-7-9-19(27)10-8-17)18-11-20(28)13-21(12-18)38-26(34,35)23(29)30/h2-13,15,22-23,36-37H,14H2,1H3/t15-,22?,24-/m1/s1. The molecule has 0 amide bonds. The molecule has 3 aromatic carbocycles. The summed E-state index contributed by atoms with van der Waals surface area (Å²) >= 11 is 0. The number of aliphatic hydroxyl groups is 1. The summed E-state index contributed by atoms with van der Waals surface area (Å²) in [5.74, 6) is -3.14. The van der Waals surface area contributed by atoms with Gasteiger partial charge in [0.2, 0.25) is 0 Å². The summed E-state index contributed by atoms with van der Waals surface area (Å²) in [6.07, 6.45) is -16.8. The summed E-state index contributed by atoms with van der Waals surface area (Å²) in [5.41, 5.74) is -2.30. The summed E-state index contributed by atoms with van der Waals surface area (Å²) in [4.78, 5) is 0. The van der Waals surface area contributed by atoms with E-state index in [9.17, 15) is 44.6 Å².